The van der Waals surface area contributed by atoms with E-state index < -0.39 is 13.2 Å². The maximum Gasteiger partial charge on any atom is 0.416 e. The molecule has 0 amide bonds. The van der Waals surface area contributed by atoms with E-state index in [0.29, 0.717) is 10.9 Å². The van der Waals surface area contributed by atoms with Crippen LogP contribution in [0.2, 0.25) is 0 Å². The quantitative estimate of drug-likeness (QED) is 0.373. The third kappa shape index (κ3) is 4.39. The molecule has 0 heterocycles. The lowest BCUT2D eigenvalue weighted by Crippen LogP contribution is -2.28. The van der Waals surface area contributed by atoms with Crippen molar-refractivity contribution in [3.05, 3.63) is 60.2 Å². The molecule has 2 aromatic rings. The van der Waals surface area contributed by atoms with Gasteiger partial charge >= 0.3 is 7.80 Å². The summed E-state index contributed by atoms with van der Waals surface area (Å²) in [4.78, 5) is 13.1. The van der Waals surface area contributed by atoms with Gasteiger partial charge in [-0.1, -0.05) is 74.9 Å². The Bertz CT molecular complexity index is 705. The summed E-state index contributed by atoms with van der Waals surface area (Å²) >= 11 is 0. The van der Waals surface area contributed by atoms with E-state index in [2.05, 4.69) is 6.92 Å². The zero-order chi connectivity index (χ0) is 17.6. The number of unbranched alkanes of at least 4 members (excludes halogenated alkanes) is 2. The van der Waals surface area contributed by atoms with Gasteiger partial charge in [0, 0.05) is 5.41 Å². The van der Waals surface area contributed by atoms with Crippen LogP contribution in [0.5, 0.6) is 0 Å². The minimum absolute atomic E-state index is 0.0912. The molecule has 0 aromatic heterocycles. The van der Waals surface area contributed by atoms with Gasteiger partial charge in [-0.3, -0.25) is 4.79 Å². The number of carbonyl (C=O) groups is 1. The van der Waals surface area contributed by atoms with E-state index in [4.69, 9.17) is 0 Å². The molecule has 24 heavy (non-hydrogen) atoms. The molecule has 0 spiro atoms. The standard InChI is InChI=1S/C21H26O2P/c1-4-5-11-16-21(2,3)20(22)18-14-9-10-15-19(18)24(23)17-12-7-6-8-13-17/h6-10,12-15H,4-5,11,16H2,1-3H3/q+1. The van der Waals surface area contributed by atoms with Crippen molar-refractivity contribution in [3.8, 4) is 0 Å². The molecule has 126 valence electrons. The predicted octanol–water partition coefficient (Wildman–Crippen LogP) is 5.25. The summed E-state index contributed by atoms with van der Waals surface area (Å²) < 4.78 is 13.0. The summed E-state index contributed by atoms with van der Waals surface area (Å²) in [5, 5.41) is 1.41. The van der Waals surface area contributed by atoms with Gasteiger partial charge in [0.1, 0.15) is 0 Å². The van der Waals surface area contributed by atoms with Crippen LogP contribution in [0.15, 0.2) is 54.6 Å². The van der Waals surface area contributed by atoms with Crippen LogP contribution >= 0.6 is 7.80 Å². The number of hydrogen-bond donors (Lipinski definition) is 0. The van der Waals surface area contributed by atoms with Crippen molar-refractivity contribution >= 4 is 24.2 Å². The van der Waals surface area contributed by atoms with Crippen LogP contribution < -0.4 is 10.6 Å². The van der Waals surface area contributed by atoms with Crippen LogP contribution in [-0.4, -0.2) is 5.78 Å². The van der Waals surface area contributed by atoms with E-state index in [1.807, 2.05) is 68.4 Å². The van der Waals surface area contributed by atoms with Gasteiger partial charge in [0.2, 0.25) is 5.30 Å². The molecule has 0 saturated carbocycles. The molecule has 0 N–H and O–H groups in total. The Morgan fingerprint density at radius 3 is 2.25 bits per heavy atom. The van der Waals surface area contributed by atoms with Crippen molar-refractivity contribution in [1.29, 1.82) is 0 Å². The van der Waals surface area contributed by atoms with Crippen molar-refractivity contribution in [3.63, 3.8) is 0 Å². The molecule has 1 atom stereocenters. The molecule has 0 radical (unpaired) electrons. The first-order valence-corrected chi connectivity index (χ1v) is 9.89. The summed E-state index contributed by atoms with van der Waals surface area (Å²) in [5.41, 5.74) is 0.168. The highest BCUT2D eigenvalue weighted by Gasteiger charge is 2.35. The lowest BCUT2D eigenvalue weighted by Gasteiger charge is -2.23. The van der Waals surface area contributed by atoms with Crippen LogP contribution in [0.4, 0.5) is 0 Å². The van der Waals surface area contributed by atoms with Crippen LogP contribution in [0.25, 0.3) is 0 Å². The predicted molar refractivity (Wildman–Crippen MR) is 102 cm³/mol. The minimum Gasteiger partial charge on any atom is -0.293 e. The van der Waals surface area contributed by atoms with Crippen molar-refractivity contribution in [2.45, 2.75) is 46.5 Å². The van der Waals surface area contributed by atoms with Crippen molar-refractivity contribution in [2.24, 2.45) is 5.41 Å². The molecule has 0 aliphatic carbocycles. The molecule has 0 saturated heterocycles. The maximum absolute atomic E-state index is 13.1. The average Bonchev–Trinajstić information content (AvgIpc) is 2.61. The molecular weight excluding hydrogens is 315 g/mol. The smallest absolute Gasteiger partial charge is 0.293 e. The Kier molecular flexibility index (Phi) is 6.45. The van der Waals surface area contributed by atoms with Gasteiger partial charge in [0.15, 0.2) is 11.1 Å². The molecule has 2 rings (SSSR count). The normalized spacial score (nSPS) is 12.0. The Labute approximate surface area is 146 Å². The van der Waals surface area contributed by atoms with Crippen molar-refractivity contribution in [2.75, 3.05) is 0 Å². The van der Waals surface area contributed by atoms with Crippen LogP contribution in [0.1, 0.15) is 56.8 Å². The zero-order valence-corrected chi connectivity index (χ0v) is 15.7. The summed E-state index contributed by atoms with van der Waals surface area (Å²) in [6.45, 7) is 6.16. The van der Waals surface area contributed by atoms with Gasteiger partial charge < -0.3 is 0 Å². The minimum atomic E-state index is -1.76. The van der Waals surface area contributed by atoms with Gasteiger partial charge in [0.25, 0.3) is 0 Å². The van der Waals surface area contributed by atoms with E-state index in [1.165, 1.54) is 0 Å². The third-order valence-corrected chi connectivity index (χ3v) is 5.97. The second kappa shape index (κ2) is 8.35. The Hall–Kier alpha value is -1.79. The zero-order valence-electron chi connectivity index (χ0n) is 14.8. The fourth-order valence-corrected chi connectivity index (χ4v) is 4.18. The van der Waals surface area contributed by atoms with Crippen LogP contribution in [0.3, 0.4) is 0 Å². The molecule has 3 heteroatoms. The van der Waals surface area contributed by atoms with E-state index in [9.17, 15) is 9.36 Å². The van der Waals surface area contributed by atoms with Gasteiger partial charge in [-0.15, -0.1) is 0 Å². The molecule has 1 unspecified atom stereocenters. The lowest BCUT2D eigenvalue weighted by atomic mass is 9.80. The largest absolute Gasteiger partial charge is 0.416 e. The summed E-state index contributed by atoms with van der Waals surface area (Å²) in [5.74, 6) is 0.0912. The fraction of sp³-hybridized carbons (Fsp3) is 0.381. The topological polar surface area (TPSA) is 34.1 Å². The van der Waals surface area contributed by atoms with E-state index >= 15 is 0 Å². The monoisotopic (exact) mass is 341 g/mol. The van der Waals surface area contributed by atoms with Gasteiger partial charge in [-0.05, 0) is 30.7 Å². The number of rotatable bonds is 8. The van der Waals surface area contributed by atoms with Crippen LogP contribution in [0, 0.1) is 5.41 Å². The lowest BCUT2D eigenvalue weighted by molar-refractivity contribution is 0.0824. The number of carbonyl (C=O) groups excluding carboxylic acids is 1. The number of benzene rings is 2. The van der Waals surface area contributed by atoms with Gasteiger partial charge in [-0.2, -0.15) is 0 Å². The van der Waals surface area contributed by atoms with E-state index in [1.54, 1.807) is 0 Å². The van der Waals surface area contributed by atoms with Crippen molar-refractivity contribution < 1.29 is 9.36 Å². The van der Waals surface area contributed by atoms with Crippen LogP contribution in [-0.2, 0) is 4.57 Å². The summed E-state index contributed by atoms with van der Waals surface area (Å²) in [7, 11) is -1.76. The molecule has 2 nitrogen and oxygen atoms in total. The molecule has 0 aliphatic rings. The summed E-state index contributed by atoms with van der Waals surface area (Å²) in [6, 6.07) is 16.7. The highest BCUT2D eigenvalue weighted by Crippen LogP contribution is 2.31. The van der Waals surface area contributed by atoms with E-state index in [0.717, 1.165) is 31.0 Å². The fourth-order valence-electron chi connectivity index (χ4n) is 2.84. The van der Waals surface area contributed by atoms with Gasteiger partial charge in [0.05, 0.1) is 5.56 Å². The molecule has 0 bridgehead atoms. The first-order valence-electron chi connectivity index (χ1n) is 8.63. The highest BCUT2D eigenvalue weighted by atomic mass is 31.1. The number of ketones is 1. The highest BCUT2D eigenvalue weighted by molar-refractivity contribution is 7.61. The SMILES string of the molecule is CCCCCC(C)(C)C(=O)c1ccccc1[P+](=O)c1ccccc1. The first-order chi connectivity index (χ1) is 11.5. The second-order valence-corrected chi connectivity index (χ2v) is 8.40. The molecule has 2 aromatic carbocycles. The molecular formula is C21H26O2P+. The number of Topliss-reactive ketones (excluding diaryl/α,β-unsaturated/α-hetero) is 1. The first kappa shape index (κ1) is 18.5. The van der Waals surface area contributed by atoms with Crippen molar-refractivity contribution in [1.82, 2.24) is 0 Å². The Morgan fingerprint density at radius 1 is 0.958 bits per heavy atom. The van der Waals surface area contributed by atoms with E-state index in [-0.39, 0.29) is 5.78 Å². The third-order valence-electron chi connectivity index (χ3n) is 4.38. The Morgan fingerprint density at radius 2 is 1.58 bits per heavy atom. The van der Waals surface area contributed by atoms with Gasteiger partial charge in [-0.25, -0.2) is 0 Å². The molecule has 0 aliphatic heterocycles. The number of hydrogen-bond acceptors (Lipinski definition) is 2. The molecule has 0 fully saturated rings. The second-order valence-electron chi connectivity index (χ2n) is 6.82. The maximum atomic E-state index is 13.1. The Balaban J connectivity index is 2.31. The average molecular weight is 341 g/mol. The summed E-state index contributed by atoms with van der Waals surface area (Å²) in [6.07, 6.45) is 4.18.